The number of hydrogen-bond acceptors (Lipinski definition) is 5. The molecule has 0 aliphatic carbocycles. The maximum absolute atomic E-state index is 9.86. The summed E-state index contributed by atoms with van der Waals surface area (Å²) in [6.07, 6.45) is 3.90. The van der Waals surface area contributed by atoms with Crippen LogP contribution in [0.3, 0.4) is 0 Å². The Morgan fingerprint density at radius 3 is 2.00 bits per heavy atom. The second-order valence-corrected chi connectivity index (χ2v) is 2.51. The Kier molecular flexibility index (Phi) is 6.17. The Balaban J connectivity index is 0.000000249. The second-order valence-electron chi connectivity index (χ2n) is 2.51. The number of aliphatic carboxylic acids is 1. The maximum atomic E-state index is 9.86. The van der Waals surface area contributed by atoms with E-state index >= 15 is 0 Å². The molecule has 0 amide bonds. The monoisotopic (exact) mass is 199 g/mol. The van der Waals surface area contributed by atoms with Gasteiger partial charge in [-0.25, -0.2) is 9.97 Å². The summed E-state index contributed by atoms with van der Waals surface area (Å²) in [6.45, 7) is 1.33. The molecule has 14 heavy (non-hydrogen) atoms. The minimum Gasteiger partial charge on any atom is -0.480 e. The zero-order valence-corrected chi connectivity index (χ0v) is 7.74. The predicted octanol–water partition coefficient (Wildman–Crippen LogP) is -0.744. The standard InChI is InChI=1S/C4H4N2.C4H9NO3/c1-2-5-4-6-3-1;1-2(6)3(5)4(7)8/h1-4H;2-3,6H,5H2,1H3,(H,7,8). The molecular weight excluding hydrogens is 186 g/mol. The first kappa shape index (κ1) is 12.5. The first-order valence-electron chi connectivity index (χ1n) is 3.92. The molecule has 0 aliphatic heterocycles. The molecule has 0 aliphatic rings. The van der Waals surface area contributed by atoms with Gasteiger partial charge in [-0.15, -0.1) is 0 Å². The topological polar surface area (TPSA) is 109 Å². The van der Waals surface area contributed by atoms with Gasteiger partial charge in [0.25, 0.3) is 0 Å². The normalized spacial score (nSPS) is 13.4. The van der Waals surface area contributed by atoms with Crippen molar-refractivity contribution in [1.82, 2.24) is 9.97 Å². The Bertz CT molecular complexity index is 227. The second kappa shape index (κ2) is 6.93. The van der Waals surface area contributed by atoms with Crippen LogP contribution in [0, 0.1) is 0 Å². The molecule has 2 atom stereocenters. The zero-order valence-electron chi connectivity index (χ0n) is 7.74. The molecule has 0 saturated carbocycles. The van der Waals surface area contributed by atoms with E-state index in [4.69, 9.17) is 15.9 Å². The summed E-state index contributed by atoms with van der Waals surface area (Å²) in [4.78, 5) is 17.2. The van der Waals surface area contributed by atoms with Gasteiger partial charge in [-0.1, -0.05) is 0 Å². The van der Waals surface area contributed by atoms with Gasteiger partial charge in [-0.2, -0.15) is 0 Å². The number of aromatic nitrogens is 2. The van der Waals surface area contributed by atoms with Gasteiger partial charge in [0.1, 0.15) is 12.4 Å². The Hall–Kier alpha value is -1.53. The first-order chi connectivity index (χ1) is 6.55. The Morgan fingerprint density at radius 2 is 1.93 bits per heavy atom. The van der Waals surface area contributed by atoms with E-state index in [0.29, 0.717) is 0 Å². The molecular formula is C8H13N3O3. The lowest BCUT2D eigenvalue weighted by atomic mass is 10.2. The van der Waals surface area contributed by atoms with Crippen molar-refractivity contribution in [3.8, 4) is 0 Å². The van der Waals surface area contributed by atoms with Crippen molar-refractivity contribution in [2.75, 3.05) is 0 Å². The van der Waals surface area contributed by atoms with Crippen LogP contribution in [0.2, 0.25) is 0 Å². The minimum atomic E-state index is -1.18. The molecule has 1 rings (SSSR count). The number of aliphatic hydroxyl groups excluding tert-OH is 1. The zero-order chi connectivity index (χ0) is 11.0. The highest BCUT2D eigenvalue weighted by atomic mass is 16.4. The first-order valence-corrected chi connectivity index (χ1v) is 3.92. The third-order valence-corrected chi connectivity index (χ3v) is 1.28. The summed E-state index contributed by atoms with van der Waals surface area (Å²) in [5.74, 6) is -1.18. The quantitative estimate of drug-likeness (QED) is 0.578. The predicted molar refractivity (Wildman–Crippen MR) is 49.3 cm³/mol. The highest BCUT2D eigenvalue weighted by molar-refractivity contribution is 5.73. The number of rotatable bonds is 2. The number of aliphatic hydroxyl groups is 1. The van der Waals surface area contributed by atoms with Crippen molar-refractivity contribution in [3.63, 3.8) is 0 Å². The largest absolute Gasteiger partial charge is 0.480 e. The molecule has 6 nitrogen and oxygen atoms in total. The molecule has 1 heterocycles. The van der Waals surface area contributed by atoms with Crippen molar-refractivity contribution in [1.29, 1.82) is 0 Å². The van der Waals surface area contributed by atoms with Crippen LogP contribution in [-0.4, -0.2) is 38.3 Å². The van der Waals surface area contributed by atoms with Gasteiger partial charge in [0.05, 0.1) is 6.10 Å². The molecule has 0 radical (unpaired) electrons. The van der Waals surface area contributed by atoms with Crippen LogP contribution in [-0.2, 0) is 4.79 Å². The number of carbonyl (C=O) groups is 1. The van der Waals surface area contributed by atoms with Gasteiger partial charge >= 0.3 is 5.97 Å². The highest BCUT2D eigenvalue weighted by Gasteiger charge is 2.16. The number of nitrogens with zero attached hydrogens (tertiary/aromatic N) is 2. The van der Waals surface area contributed by atoms with E-state index in [1.165, 1.54) is 13.3 Å². The molecule has 2 unspecified atom stereocenters. The van der Waals surface area contributed by atoms with Crippen LogP contribution in [0.15, 0.2) is 24.8 Å². The van der Waals surface area contributed by atoms with Crippen LogP contribution in [0.25, 0.3) is 0 Å². The molecule has 0 bridgehead atoms. The van der Waals surface area contributed by atoms with E-state index in [9.17, 15) is 4.79 Å². The van der Waals surface area contributed by atoms with Crippen LogP contribution < -0.4 is 5.73 Å². The fourth-order valence-corrected chi connectivity index (χ4v) is 0.460. The molecule has 4 N–H and O–H groups in total. The van der Waals surface area contributed by atoms with Crippen LogP contribution in [0.5, 0.6) is 0 Å². The van der Waals surface area contributed by atoms with Crippen LogP contribution in [0.1, 0.15) is 6.92 Å². The molecule has 6 heteroatoms. The summed E-state index contributed by atoms with van der Waals surface area (Å²) >= 11 is 0. The van der Waals surface area contributed by atoms with E-state index in [2.05, 4.69) is 9.97 Å². The molecule has 1 aromatic heterocycles. The smallest absolute Gasteiger partial charge is 0.323 e. The van der Waals surface area contributed by atoms with Gasteiger partial charge in [0.15, 0.2) is 0 Å². The number of carboxylic acids is 1. The van der Waals surface area contributed by atoms with Crippen LogP contribution >= 0.6 is 0 Å². The molecule has 0 saturated heterocycles. The van der Waals surface area contributed by atoms with Crippen molar-refractivity contribution in [2.24, 2.45) is 5.73 Å². The van der Waals surface area contributed by atoms with E-state index < -0.39 is 18.1 Å². The van der Waals surface area contributed by atoms with Gasteiger partial charge in [0.2, 0.25) is 0 Å². The Labute approximate surface area is 81.4 Å². The highest BCUT2D eigenvalue weighted by Crippen LogP contribution is 1.85. The summed E-state index contributed by atoms with van der Waals surface area (Å²) < 4.78 is 0. The third-order valence-electron chi connectivity index (χ3n) is 1.28. The average Bonchev–Trinajstić information content (AvgIpc) is 2.20. The molecule has 0 fully saturated rings. The fraction of sp³-hybridized carbons (Fsp3) is 0.375. The van der Waals surface area contributed by atoms with Crippen molar-refractivity contribution < 1.29 is 15.0 Å². The SMILES string of the molecule is CC(O)C(N)C(=O)O.c1cncnc1. The lowest BCUT2D eigenvalue weighted by Crippen LogP contribution is -2.39. The van der Waals surface area contributed by atoms with Gasteiger partial charge in [-0.3, -0.25) is 4.79 Å². The van der Waals surface area contributed by atoms with Crippen molar-refractivity contribution in [3.05, 3.63) is 24.8 Å². The average molecular weight is 199 g/mol. The fourth-order valence-electron chi connectivity index (χ4n) is 0.460. The minimum absolute atomic E-state index is 0.979. The summed E-state index contributed by atoms with van der Waals surface area (Å²) in [5.41, 5.74) is 4.91. The number of carboxylic acid groups (broad SMARTS) is 1. The Morgan fingerprint density at radius 1 is 1.43 bits per heavy atom. The van der Waals surface area contributed by atoms with Crippen molar-refractivity contribution in [2.45, 2.75) is 19.1 Å². The van der Waals surface area contributed by atoms with E-state index in [0.717, 1.165) is 0 Å². The third kappa shape index (κ3) is 6.04. The van der Waals surface area contributed by atoms with E-state index in [1.54, 1.807) is 18.5 Å². The van der Waals surface area contributed by atoms with Gasteiger partial charge in [-0.05, 0) is 13.0 Å². The van der Waals surface area contributed by atoms with Gasteiger partial charge in [0, 0.05) is 12.4 Å². The molecule has 78 valence electrons. The van der Waals surface area contributed by atoms with Crippen molar-refractivity contribution >= 4 is 5.97 Å². The maximum Gasteiger partial charge on any atom is 0.323 e. The van der Waals surface area contributed by atoms with Crippen LogP contribution in [0.4, 0.5) is 0 Å². The van der Waals surface area contributed by atoms with E-state index in [1.807, 2.05) is 0 Å². The number of nitrogens with two attached hydrogens (primary N) is 1. The summed E-state index contributed by atoms with van der Waals surface area (Å²) in [7, 11) is 0. The lowest BCUT2D eigenvalue weighted by Gasteiger charge is -2.06. The van der Waals surface area contributed by atoms with E-state index in [-0.39, 0.29) is 0 Å². The summed E-state index contributed by atoms with van der Waals surface area (Å²) in [6, 6.07) is 0.620. The molecule has 0 spiro atoms. The summed E-state index contributed by atoms with van der Waals surface area (Å²) in [5, 5.41) is 16.6. The molecule has 0 aromatic carbocycles. The van der Waals surface area contributed by atoms with Gasteiger partial charge < -0.3 is 15.9 Å². The molecule has 1 aromatic rings. The lowest BCUT2D eigenvalue weighted by molar-refractivity contribution is -0.140. The number of hydrogen-bond donors (Lipinski definition) is 3.